The maximum atomic E-state index is 10.3. The molecule has 2 atom stereocenters. The van der Waals surface area contributed by atoms with E-state index in [1.165, 1.54) is 19.3 Å². The Kier molecular flexibility index (Phi) is 14.4. The Hall–Kier alpha value is -0.870. The van der Waals surface area contributed by atoms with Crippen LogP contribution < -0.4 is 0 Å². The molecule has 4 heteroatoms. The molecule has 0 saturated heterocycles. The number of hydrogen-bond acceptors (Lipinski definition) is 3. The summed E-state index contributed by atoms with van der Waals surface area (Å²) >= 11 is 0. The topological polar surface area (TPSA) is 77.8 Å². The van der Waals surface area contributed by atoms with Crippen LogP contribution in [0.15, 0.2) is 12.2 Å². The van der Waals surface area contributed by atoms with E-state index in [0.29, 0.717) is 12.8 Å². The molecular formula is C18H34O4. The number of hydrogen-bond donors (Lipinski definition) is 3. The van der Waals surface area contributed by atoms with E-state index in [0.717, 1.165) is 38.5 Å². The molecule has 0 aromatic heterocycles. The largest absolute Gasteiger partial charge is 0.481 e. The highest BCUT2D eigenvalue weighted by Crippen LogP contribution is 2.10. The molecule has 130 valence electrons. The lowest BCUT2D eigenvalue weighted by molar-refractivity contribution is -0.137. The Morgan fingerprint density at radius 1 is 0.818 bits per heavy atom. The molecule has 2 unspecified atom stereocenters. The number of carboxylic acid groups (broad SMARTS) is 1. The minimum absolute atomic E-state index is 0.229. The van der Waals surface area contributed by atoms with E-state index >= 15 is 0 Å². The summed E-state index contributed by atoms with van der Waals surface area (Å²) in [4.78, 5) is 10.3. The van der Waals surface area contributed by atoms with E-state index < -0.39 is 18.2 Å². The molecule has 22 heavy (non-hydrogen) atoms. The van der Waals surface area contributed by atoms with Gasteiger partial charge in [0.25, 0.3) is 0 Å². The zero-order valence-electron chi connectivity index (χ0n) is 14.0. The van der Waals surface area contributed by atoms with Crippen LogP contribution >= 0.6 is 0 Å². The van der Waals surface area contributed by atoms with Gasteiger partial charge < -0.3 is 15.3 Å². The first-order chi connectivity index (χ1) is 10.6. The van der Waals surface area contributed by atoms with Crippen molar-refractivity contribution in [1.29, 1.82) is 0 Å². The van der Waals surface area contributed by atoms with Crippen LogP contribution in [-0.2, 0) is 4.79 Å². The summed E-state index contributed by atoms with van der Waals surface area (Å²) in [5, 5.41) is 28.1. The van der Waals surface area contributed by atoms with Crippen molar-refractivity contribution in [3.8, 4) is 0 Å². The minimum Gasteiger partial charge on any atom is -0.481 e. The molecule has 0 spiro atoms. The van der Waals surface area contributed by atoms with Gasteiger partial charge in [-0.3, -0.25) is 4.79 Å². The van der Waals surface area contributed by atoms with Gasteiger partial charge in [-0.05, 0) is 19.3 Å². The minimum atomic E-state index is -0.744. The first-order valence-electron chi connectivity index (χ1n) is 8.82. The van der Waals surface area contributed by atoms with Crippen LogP contribution in [0.5, 0.6) is 0 Å². The van der Waals surface area contributed by atoms with E-state index in [9.17, 15) is 15.0 Å². The Balaban J connectivity index is 3.51. The standard InChI is InChI=1S/C18H34O4/c1-2-3-4-5-8-11-16(19)14-15-17(20)12-9-6-7-10-13-18(21)22/h14-17,19-20H,2-13H2,1H3,(H,21,22). The summed E-state index contributed by atoms with van der Waals surface area (Å²) in [5.74, 6) is -0.744. The number of rotatable bonds is 15. The first-order valence-corrected chi connectivity index (χ1v) is 8.82. The molecule has 0 aromatic carbocycles. The number of aliphatic hydroxyl groups excluding tert-OH is 2. The summed E-state index contributed by atoms with van der Waals surface area (Å²) in [6, 6.07) is 0. The molecule has 0 saturated carbocycles. The molecule has 0 aliphatic heterocycles. The van der Waals surface area contributed by atoms with Crippen molar-refractivity contribution in [1.82, 2.24) is 0 Å². The molecule has 0 aliphatic carbocycles. The smallest absolute Gasteiger partial charge is 0.303 e. The molecule has 0 radical (unpaired) electrons. The molecule has 3 N–H and O–H groups in total. The molecule has 0 fully saturated rings. The van der Waals surface area contributed by atoms with E-state index in [1.54, 1.807) is 12.2 Å². The number of aliphatic carboxylic acids is 1. The monoisotopic (exact) mass is 314 g/mol. The number of aliphatic hydroxyl groups is 2. The number of carbonyl (C=O) groups is 1. The highest BCUT2D eigenvalue weighted by molar-refractivity contribution is 5.66. The van der Waals surface area contributed by atoms with Crippen molar-refractivity contribution in [3.05, 3.63) is 12.2 Å². The zero-order chi connectivity index (χ0) is 16.6. The molecule has 0 heterocycles. The quantitative estimate of drug-likeness (QED) is 0.315. The third-order valence-corrected chi connectivity index (χ3v) is 3.80. The summed E-state index contributed by atoms with van der Waals surface area (Å²) in [7, 11) is 0. The van der Waals surface area contributed by atoms with Crippen LogP contribution in [0.4, 0.5) is 0 Å². The predicted octanol–water partition coefficient (Wildman–Crippen LogP) is 4.05. The van der Waals surface area contributed by atoms with E-state index in [1.807, 2.05) is 0 Å². The predicted molar refractivity (Wildman–Crippen MR) is 89.9 cm³/mol. The second-order valence-electron chi connectivity index (χ2n) is 6.07. The maximum absolute atomic E-state index is 10.3. The molecular weight excluding hydrogens is 280 g/mol. The van der Waals surface area contributed by atoms with Crippen LogP contribution in [0.2, 0.25) is 0 Å². The molecule has 0 amide bonds. The van der Waals surface area contributed by atoms with Gasteiger partial charge >= 0.3 is 5.97 Å². The fourth-order valence-corrected chi connectivity index (χ4v) is 2.39. The van der Waals surface area contributed by atoms with Crippen molar-refractivity contribution in [3.63, 3.8) is 0 Å². The molecule has 0 rings (SSSR count). The normalized spacial score (nSPS) is 14.3. The third-order valence-electron chi connectivity index (χ3n) is 3.80. The molecule has 4 nitrogen and oxygen atoms in total. The van der Waals surface area contributed by atoms with Crippen molar-refractivity contribution < 1.29 is 20.1 Å². The van der Waals surface area contributed by atoms with Gasteiger partial charge in [-0.1, -0.05) is 70.4 Å². The van der Waals surface area contributed by atoms with Crippen LogP contribution in [0, 0.1) is 0 Å². The number of carboxylic acids is 1. The lowest BCUT2D eigenvalue weighted by Gasteiger charge is -2.08. The van der Waals surface area contributed by atoms with Gasteiger partial charge in [0.15, 0.2) is 0 Å². The summed E-state index contributed by atoms with van der Waals surface area (Å²) in [6.07, 6.45) is 13.4. The average molecular weight is 314 g/mol. The van der Waals surface area contributed by atoms with Gasteiger partial charge in [-0.25, -0.2) is 0 Å². The summed E-state index contributed by atoms with van der Waals surface area (Å²) in [5.41, 5.74) is 0. The first kappa shape index (κ1) is 21.1. The molecule has 0 aromatic rings. The van der Waals surface area contributed by atoms with Gasteiger partial charge in [-0.2, -0.15) is 0 Å². The van der Waals surface area contributed by atoms with Crippen LogP contribution in [-0.4, -0.2) is 33.5 Å². The SMILES string of the molecule is CCCCCCCC(O)C=CC(O)CCCCCCC(=O)O. The highest BCUT2D eigenvalue weighted by atomic mass is 16.4. The Labute approximate surface area is 135 Å². The van der Waals surface area contributed by atoms with Gasteiger partial charge in [-0.15, -0.1) is 0 Å². The van der Waals surface area contributed by atoms with Gasteiger partial charge in [0.05, 0.1) is 12.2 Å². The second-order valence-corrected chi connectivity index (χ2v) is 6.07. The van der Waals surface area contributed by atoms with E-state index in [4.69, 9.17) is 5.11 Å². The van der Waals surface area contributed by atoms with Crippen LogP contribution in [0.25, 0.3) is 0 Å². The van der Waals surface area contributed by atoms with Crippen molar-refractivity contribution in [2.45, 2.75) is 96.2 Å². The fraction of sp³-hybridized carbons (Fsp3) is 0.833. The lowest BCUT2D eigenvalue weighted by atomic mass is 10.1. The zero-order valence-corrected chi connectivity index (χ0v) is 14.0. The Morgan fingerprint density at radius 2 is 1.27 bits per heavy atom. The third kappa shape index (κ3) is 15.5. The second kappa shape index (κ2) is 15.0. The number of unbranched alkanes of at least 4 members (excludes halogenated alkanes) is 7. The van der Waals surface area contributed by atoms with Crippen LogP contribution in [0.1, 0.15) is 84.0 Å². The van der Waals surface area contributed by atoms with Gasteiger partial charge in [0.1, 0.15) is 0 Å². The maximum Gasteiger partial charge on any atom is 0.303 e. The van der Waals surface area contributed by atoms with Crippen molar-refractivity contribution >= 4 is 5.97 Å². The van der Waals surface area contributed by atoms with Gasteiger partial charge in [0, 0.05) is 6.42 Å². The fourth-order valence-electron chi connectivity index (χ4n) is 2.39. The van der Waals surface area contributed by atoms with Crippen molar-refractivity contribution in [2.75, 3.05) is 0 Å². The Morgan fingerprint density at radius 3 is 1.73 bits per heavy atom. The lowest BCUT2D eigenvalue weighted by Crippen LogP contribution is -2.06. The summed E-state index contributed by atoms with van der Waals surface area (Å²) in [6.45, 7) is 2.19. The average Bonchev–Trinajstić information content (AvgIpc) is 2.48. The molecule has 0 bridgehead atoms. The highest BCUT2D eigenvalue weighted by Gasteiger charge is 2.03. The summed E-state index contributed by atoms with van der Waals surface area (Å²) < 4.78 is 0. The van der Waals surface area contributed by atoms with Crippen LogP contribution in [0.3, 0.4) is 0 Å². The van der Waals surface area contributed by atoms with E-state index in [2.05, 4.69) is 6.92 Å². The van der Waals surface area contributed by atoms with E-state index in [-0.39, 0.29) is 6.42 Å². The Bertz CT molecular complexity index is 289. The van der Waals surface area contributed by atoms with Crippen molar-refractivity contribution in [2.24, 2.45) is 0 Å². The van der Waals surface area contributed by atoms with Gasteiger partial charge in [0.2, 0.25) is 0 Å². The molecule has 0 aliphatic rings.